The van der Waals surface area contributed by atoms with E-state index in [1.165, 1.54) is 51.4 Å². The van der Waals surface area contributed by atoms with Gasteiger partial charge in [-0.3, -0.25) is 4.79 Å². The Morgan fingerprint density at radius 1 is 1.14 bits per heavy atom. The summed E-state index contributed by atoms with van der Waals surface area (Å²) in [6, 6.07) is 0. The lowest BCUT2D eigenvalue weighted by Crippen LogP contribution is -2.57. The van der Waals surface area contributed by atoms with Crippen molar-refractivity contribution in [3.63, 3.8) is 0 Å². The molecule has 0 heterocycles. The first-order valence-electron chi connectivity index (χ1n) is 12.0. The highest BCUT2D eigenvalue weighted by atomic mass is 16.5. The SMILES string of the molecule is COC1C[C@H]2[C@@H]3CC[C@H]([C@H](C)CCC(=O)O)[C@@]3(C)CC[C@@H]2[C@@]2(C)CCC3CC312. The molecule has 158 valence electrons. The van der Waals surface area contributed by atoms with Crippen LogP contribution in [0.25, 0.3) is 0 Å². The van der Waals surface area contributed by atoms with Gasteiger partial charge in [-0.1, -0.05) is 20.8 Å². The van der Waals surface area contributed by atoms with Crippen molar-refractivity contribution in [2.24, 2.45) is 51.8 Å². The molecule has 0 amide bonds. The lowest BCUT2D eigenvalue weighted by Gasteiger charge is -2.61. The smallest absolute Gasteiger partial charge is 0.303 e. The molecule has 3 heteroatoms. The van der Waals surface area contributed by atoms with Crippen LogP contribution in [0, 0.1) is 51.8 Å². The number of ether oxygens (including phenoxy) is 1. The van der Waals surface area contributed by atoms with E-state index in [0.717, 1.165) is 30.1 Å². The Kier molecular flexibility index (Phi) is 4.31. The van der Waals surface area contributed by atoms with Gasteiger partial charge in [-0.15, -0.1) is 0 Å². The number of aliphatic carboxylic acids is 1. The first kappa shape index (κ1) is 19.4. The minimum absolute atomic E-state index is 0.332. The quantitative estimate of drug-likeness (QED) is 0.650. The summed E-state index contributed by atoms with van der Waals surface area (Å²) in [5, 5.41) is 9.14. The van der Waals surface area contributed by atoms with Crippen molar-refractivity contribution in [2.75, 3.05) is 7.11 Å². The molecule has 5 fully saturated rings. The van der Waals surface area contributed by atoms with Gasteiger partial charge in [0.1, 0.15) is 0 Å². The summed E-state index contributed by atoms with van der Waals surface area (Å²) in [5.41, 5.74) is 1.44. The van der Waals surface area contributed by atoms with Crippen LogP contribution in [0.15, 0.2) is 0 Å². The molecule has 5 aliphatic carbocycles. The molecule has 0 saturated heterocycles. The Bertz CT molecular complexity index is 660. The van der Waals surface area contributed by atoms with E-state index in [2.05, 4.69) is 20.8 Å². The third-order valence-corrected chi connectivity index (χ3v) is 11.4. The molecule has 0 bridgehead atoms. The van der Waals surface area contributed by atoms with Crippen LogP contribution in [0.3, 0.4) is 0 Å². The Labute approximate surface area is 171 Å². The van der Waals surface area contributed by atoms with Gasteiger partial charge in [-0.05, 0) is 104 Å². The fourth-order valence-corrected chi connectivity index (χ4v) is 10.1. The van der Waals surface area contributed by atoms with Crippen molar-refractivity contribution in [1.29, 1.82) is 0 Å². The first-order valence-corrected chi connectivity index (χ1v) is 12.0. The number of carboxylic acids is 1. The molecular formula is C25H40O3. The van der Waals surface area contributed by atoms with Crippen LogP contribution < -0.4 is 0 Å². The van der Waals surface area contributed by atoms with E-state index in [0.29, 0.717) is 40.6 Å². The standard InChI is InChI=1S/C25H40O3/c1-15(5-8-22(26)27)18-6-7-19-17-13-21(28-4)25-14-16(25)9-12-24(25,3)20(17)10-11-23(18,19)2/h15-21H,5-14H2,1-4H3,(H,26,27)/t15-,16?,17+,18-,19+,20+,21?,23-,24-,25?/m1/s1. The molecule has 5 rings (SSSR count). The van der Waals surface area contributed by atoms with E-state index in [4.69, 9.17) is 9.84 Å². The van der Waals surface area contributed by atoms with Crippen LogP contribution in [0.5, 0.6) is 0 Å². The summed E-state index contributed by atoms with van der Waals surface area (Å²) in [4.78, 5) is 11.1. The maximum absolute atomic E-state index is 11.1. The van der Waals surface area contributed by atoms with Gasteiger partial charge in [0.2, 0.25) is 0 Å². The summed E-state index contributed by atoms with van der Waals surface area (Å²) in [7, 11) is 1.97. The second-order valence-corrected chi connectivity index (χ2v) is 11.9. The highest BCUT2D eigenvalue weighted by Crippen LogP contribution is 2.82. The van der Waals surface area contributed by atoms with Crippen molar-refractivity contribution in [1.82, 2.24) is 0 Å². The van der Waals surface area contributed by atoms with Crippen LogP contribution in [0.1, 0.15) is 85.0 Å². The fourth-order valence-electron chi connectivity index (χ4n) is 10.1. The minimum Gasteiger partial charge on any atom is -0.481 e. The fraction of sp³-hybridized carbons (Fsp3) is 0.960. The van der Waals surface area contributed by atoms with Gasteiger partial charge in [0.25, 0.3) is 0 Å². The number of hydrogen-bond acceptors (Lipinski definition) is 2. The monoisotopic (exact) mass is 388 g/mol. The molecule has 5 saturated carbocycles. The van der Waals surface area contributed by atoms with Crippen molar-refractivity contribution < 1.29 is 14.6 Å². The number of carboxylic acid groups (broad SMARTS) is 1. The zero-order valence-corrected chi connectivity index (χ0v) is 18.4. The predicted molar refractivity (Wildman–Crippen MR) is 110 cm³/mol. The van der Waals surface area contributed by atoms with Gasteiger partial charge in [0.15, 0.2) is 0 Å². The average molecular weight is 389 g/mol. The third kappa shape index (κ3) is 2.29. The summed E-state index contributed by atoms with van der Waals surface area (Å²) in [6.07, 6.45) is 12.7. The Morgan fingerprint density at radius 3 is 2.61 bits per heavy atom. The van der Waals surface area contributed by atoms with Gasteiger partial charge in [0, 0.05) is 18.9 Å². The van der Waals surface area contributed by atoms with Crippen LogP contribution in [0.2, 0.25) is 0 Å². The Balaban J connectivity index is 1.40. The van der Waals surface area contributed by atoms with Crippen molar-refractivity contribution in [3.8, 4) is 0 Å². The zero-order chi connectivity index (χ0) is 19.9. The molecule has 1 spiro atoms. The van der Waals surface area contributed by atoms with E-state index in [1.54, 1.807) is 0 Å². The summed E-state index contributed by atoms with van der Waals surface area (Å²) in [6.45, 7) is 7.55. The van der Waals surface area contributed by atoms with Crippen molar-refractivity contribution >= 4 is 5.97 Å². The molecule has 0 aromatic heterocycles. The number of methoxy groups -OCH3 is 1. The van der Waals surface area contributed by atoms with Crippen LogP contribution in [-0.4, -0.2) is 24.3 Å². The Hall–Kier alpha value is -0.570. The predicted octanol–water partition coefficient (Wildman–Crippen LogP) is 5.77. The molecule has 28 heavy (non-hydrogen) atoms. The molecule has 5 aliphatic rings. The van der Waals surface area contributed by atoms with Crippen LogP contribution in [0.4, 0.5) is 0 Å². The second kappa shape index (κ2) is 6.22. The van der Waals surface area contributed by atoms with E-state index in [-0.39, 0.29) is 0 Å². The molecule has 3 nitrogen and oxygen atoms in total. The van der Waals surface area contributed by atoms with E-state index in [9.17, 15) is 4.79 Å². The lowest BCUT2D eigenvalue weighted by molar-refractivity contribution is -0.161. The molecule has 0 aromatic carbocycles. The zero-order valence-electron chi connectivity index (χ0n) is 18.4. The van der Waals surface area contributed by atoms with Gasteiger partial charge in [-0.2, -0.15) is 0 Å². The molecule has 3 unspecified atom stereocenters. The third-order valence-electron chi connectivity index (χ3n) is 11.4. The Morgan fingerprint density at radius 2 is 1.93 bits per heavy atom. The van der Waals surface area contributed by atoms with Crippen LogP contribution in [-0.2, 0) is 9.53 Å². The topological polar surface area (TPSA) is 46.5 Å². The van der Waals surface area contributed by atoms with Crippen molar-refractivity contribution in [2.45, 2.75) is 91.1 Å². The number of rotatable bonds is 5. The first-order chi connectivity index (χ1) is 13.3. The maximum atomic E-state index is 11.1. The lowest BCUT2D eigenvalue weighted by atomic mass is 9.45. The van der Waals surface area contributed by atoms with E-state index >= 15 is 0 Å². The normalized spacial score (nSPS) is 55.0. The number of hydrogen-bond donors (Lipinski definition) is 1. The number of carbonyl (C=O) groups is 1. The van der Waals surface area contributed by atoms with Gasteiger partial charge < -0.3 is 9.84 Å². The average Bonchev–Trinajstić information content (AvgIpc) is 3.16. The van der Waals surface area contributed by atoms with Gasteiger partial charge >= 0.3 is 5.97 Å². The summed E-state index contributed by atoms with van der Waals surface area (Å²) in [5.74, 6) is 4.11. The molecule has 0 radical (unpaired) electrons. The highest BCUT2D eigenvalue weighted by molar-refractivity contribution is 5.66. The minimum atomic E-state index is -0.635. The number of fused-ring (bicyclic) bond motifs is 4. The molecule has 10 atom stereocenters. The van der Waals surface area contributed by atoms with Gasteiger partial charge in [0.05, 0.1) is 6.10 Å². The largest absolute Gasteiger partial charge is 0.481 e. The molecule has 1 N–H and O–H groups in total. The van der Waals surface area contributed by atoms with E-state index < -0.39 is 5.97 Å². The molecule has 0 aliphatic heterocycles. The highest BCUT2D eigenvalue weighted by Gasteiger charge is 2.77. The maximum Gasteiger partial charge on any atom is 0.303 e. The summed E-state index contributed by atoms with van der Waals surface area (Å²) >= 11 is 0. The van der Waals surface area contributed by atoms with Gasteiger partial charge in [-0.25, -0.2) is 0 Å². The van der Waals surface area contributed by atoms with E-state index in [1.807, 2.05) is 7.11 Å². The summed E-state index contributed by atoms with van der Waals surface area (Å²) < 4.78 is 6.22. The molecular weight excluding hydrogens is 348 g/mol. The molecule has 0 aromatic rings. The van der Waals surface area contributed by atoms with Crippen molar-refractivity contribution in [3.05, 3.63) is 0 Å². The van der Waals surface area contributed by atoms with Crippen LogP contribution >= 0.6 is 0 Å². The second-order valence-electron chi connectivity index (χ2n) is 11.9.